The Morgan fingerprint density at radius 1 is 1.35 bits per heavy atom. The van der Waals surface area contributed by atoms with Gasteiger partial charge in [-0.15, -0.1) is 0 Å². The number of hydrogen-bond donors (Lipinski definition) is 0. The molecule has 0 aliphatic carbocycles. The maximum absolute atomic E-state index is 12.6. The van der Waals surface area contributed by atoms with Crippen molar-refractivity contribution in [2.24, 2.45) is 5.92 Å². The van der Waals surface area contributed by atoms with Crippen molar-refractivity contribution in [3.05, 3.63) is 27.0 Å². The van der Waals surface area contributed by atoms with Crippen LogP contribution < -0.4 is 4.90 Å². The molecule has 110 valence electrons. The Morgan fingerprint density at radius 2 is 1.95 bits per heavy atom. The van der Waals surface area contributed by atoms with E-state index in [0.717, 1.165) is 6.20 Å². The number of piperidine rings is 1. The van der Waals surface area contributed by atoms with E-state index in [0.29, 0.717) is 10.2 Å². The smallest absolute Gasteiger partial charge is 0.365 e. The second-order valence-electron chi connectivity index (χ2n) is 4.55. The van der Waals surface area contributed by atoms with E-state index in [1.807, 2.05) is 0 Å². The Bertz CT molecular complexity index is 516. The van der Waals surface area contributed by atoms with Crippen molar-refractivity contribution in [3.63, 3.8) is 0 Å². The van der Waals surface area contributed by atoms with Gasteiger partial charge in [-0.25, -0.2) is 0 Å². The lowest BCUT2D eigenvalue weighted by Gasteiger charge is -2.34. The second-order valence-corrected chi connectivity index (χ2v) is 5.40. The number of pyridine rings is 1. The van der Waals surface area contributed by atoms with Gasteiger partial charge in [0.05, 0.1) is 15.3 Å². The van der Waals surface area contributed by atoms with Crippen LogP contribution in [0.2, 0.25) is 0 Å². The monoisotopic (exact) mass is 353 g/mol. The Hall–Kier alpha value is -1.38. The number of hydrogen-bond acceptors (Lipinski definition) is 4. The van der Waals surface area contributed by atoms with E-state index >= 15 is 0 Å². The van der Waals surface area contributed by atoms with Gasteiger partial charge in [0.15, 0.2) is 0 Å². The molecule has 0 spiro atoms. The minimum absolute atomic E-state index is 0.0601. The van der Waals surface area contributed by atoms with E-state index in [-0.39, 0.29) is 31.6 Å². The first-order valence-corrected chi connectivity index (χ1v) is 6.69. The van der Waals surface area contributed by atoms with E-state index in [1.54, 1.807) is 4.90 Å². The number of anilines is 1. The van der Waals surface area contributed by atoms with Crippen molar-refractivity contribution in [1.82, 2.24) is 4.98 Å². The molecule has 0 bridgehead atoms. The van der Waals surface area contributed by atoms with Crippen LogP contribution in [0, 0.1) is 16.0 Å². The summed E-state index contributed by atoms with van der Waals surface area (Å²) in [5.74, 6) is -1.33. The summed E-state index contributed by atoms with van der Waals surface area (Å²) < 4.78 is 38.2. The fraction of sp³-hybridized carbons (Fsp3) is 0.545. The molecular formula is C11H11BrF3N3O2. The van der Waals surface area contributed by atoms with Gasteiger partial charge in [0.2, 0.25) is 0 Å². The zero-order chi connectivity index (χ0) is 14.9. The molecule has 1 fully saturated rings. The second kappa shape index (κ2) is 5.55. The molecule has 0 amide bonds. The van der Waals surface area contributed by atoms with Crippen LogP contribution in [0.5, 0.6) is 0 Å². The SMILES string of the molecule is O=[N+]([O-])c1cncc(Br)c1N1CCC(C(F)(F)F)CC1. The molecule has 2 rings (SSSR count). The van der Waals surface area contributed by atoms with Crippen LogP contribution >= 0.6 is 15.9 Å². The highest BCUT2D eigenvalue weighted by Gasteiger charge is 2.41. The van der Waals surface area contributed by atoms with Gasteiger partial charge in [0.1, 0.15) is 11.9 Å². The quantitative estimate of drug-likeness (QED) is 0.602. The summed E-state index contributed by atoms with van der Waals surface area (Å²) in [7, 11) is 0. The van der Waals surface area contributed by atoms with Crippen molar-refractivity contribution in [2.45, 2.75) is 19.0 Å². The molecule has 5 nitrogen and oxygen atoms in total. The van der Waals surface area contributed by atoms with Crippen molar-refractivity contribution in [3.8, 4) is 0 Å². The van der Waals surface area contributed by atoms with E-state index in [2.05, 4.69) is 20.9 Å². The first-order valence-electron chi connectivity index (χ1n) is 5.90. The van der Waals surface area contributed by atoms with Gasteiger partial charge in [-0.2, -0.15) is 13.2 Å². The maximum atomic E-state index is 12.6. The fourth-order valence-corrected chi connectivity index (χ4v) is 2.87. The predicted molar refractivity (Wildman–Crippen MR) is 69.6 cm³/mol. The summed E-state index contributed by atoms with van der Waals surface area (Å²) in [5.41, 5.74) is 0.0930. The Morgan fingerprint density at radius 3 is 2.45 bits per heavy atom. The molecule has 0 radical (unpaired) electrons. The third-order valence-electron chi connectivity index (χ3n) is 3.32. The van der Waals surface area contributed by atoms with Gasteiger partial charge >= 0.3 is 11.9 Å². The molecule has 0 aromatic carbocycles. The number of rotatable bonds is 2. The third-order valence-corrected chi connectivity index (χ3v) is 3.90. The fourth-order valence-electron chi connectivity index (χ4n) is 2.30. The summed E-state index contributed by atoms with van der Waals surface area (Å²) in [6, 6.07) is 0. The molecule has 2 heterocycles. The average Bonchev–Trinajstić information content (AvgIpc) is 2.37. The van der Waals surface area contributed by atoms with E-state index in [1.165, 1.54) is 6.20 Å². The van der Waals surface area contributed by atoms with Gasteiger partial charge in [-0.3, -0.25) is 15.1 Å². The number of alkyl halides is 3. The van der Waals surface area contributed by atoms with Crippen molar-refractivity contribution in [1.29, 1.82) is 0 Å². The molecule has 1 aromatic rings. The molecule has 1 aliphatic heterocycles. The van der Waals surface area contributed by atoms with Crippen LogP contribution in [-0.4, -0.2) is 29.2 Å². The molecule has 0 atom stereocenters. The number of nitro groups is 1. The minimum atomic E-state index is -4.20. The highest BCUT2D eigenvalue weighted by molar-refractivity contribution is 9.10. The number of aromatic nitrogens is 1. The van der Waals surface area contributed by atoms with Crippen molar-refractivity contribution < 1.29 is 18.1 Å². The van der Waals surface area contributed by atoms with Crippen LogP contribution in [0.25, 0.3) is 0 Å². The van der Waals surface area contributed by atoms with E-state index in [9.17, 15) is 23.3 Å². The molecule has 0 unspecified atom stereocenters. The lowest BCUT2D eigenvalue weighted by atomic mass is 9.96. The van der Waals surface area contributed by atoms with Gasteiger partial charge < -0.3 is 4.90 Å². The van der Waals surface area contributed by atoms with Crippen LogP contribution in [0.15, 0.2) is 16.9 Å². The molecule has 9 heteroatoms. The standard InChI is InChI=1S/C11H11BrF3N3O2/c12-8-5-16-6-9(18(19)20)10(8)17-3-1-7(2-4-17)11(13,14)15/h5-7H,1-4H2. The molecule has 20 heavy (non-hydrogen) atoms. The van der Waals surface area contributed by atoms with E-state index < -0.39 is 17.0 Å². The number of halogens is 4. The molecule has 1 aromatic heterocycles. The molecular weight excluding hydrogens is 343 g/mol. The summed E-state index contributed by atoms with van der Waals surface area (Å²) in [4.78, 5) is 15.7. The van der Waals surface area contributed by atoms with Crippen LogP contribution in [0.4, 0.5) is 24.5 Å². The first kappa shape index (κ1) is 15.0. The third kappa shape index (κ3) is 3.02. The summed E-state index contributed by atoms with van der Waals surface area (Å²) in [6.07, 6.45) is -1.81. The minimum Gasteiger partial charge on any atom is -0.365 e. The van der Waals surface area contributed by atoms with Gasteiger partial charge in [0.25, 0.3) is 0 Å². The Labute approximate surface area is 121 Å². The lowest BCUT2D eigenvalue weighted by Crippen LogP contribution is -2.39. The normalized spacial score (nSPS) is 17.3. The summed E-state index contributed by atoms with van der Waals surface area (Å²) in [6.45, 7) is 0.265. The predicted octanol–water partition coefficient (Wildman–Crippen LogP) is 3.53. The van der Waals surface area contributed by atoms with Gasteiger partial charge in [-0.05, 0) is 28.8 Å². The molecule has 0 N–H and O–H groups in total. The average molecular weight is 354 g/mol. The Balaban J connectivity index is 2.21. The zero-order valence-electron chi connectivity index (χ0n) is 10.2. The lowest BCUT2D eigenvalue weighted by molar-refractivity contribution is -0.384. The largest absolute Gasteiger partial charge is 0.391 e. The highest BCUT2D eigenvalue weighted by Crippen LogP contribution is 2.40. The summed E-state index contributed by atoms with van der Waals surface area (Å²) in [5, 5.41) is 11.0. The zero-order valence-corrected chi connectivity index (χ0v) is 11.8. The topological polar surface area (TPSA) is 59.3 Å². The number of nitrogens with zero attached hydrogens (tertiary/aromatic N) is 3. The first-order chi connectivity index (χ1) is 9.30. The molecule has 0 saturated carbocycles. The van der Waals surface area contributed by atoms with Crippen LogP contribution in [0.1, 0.15) is 12.8 Å². The van der Waals surface area contributed by atoms with Crippen molar-refractivity contribution >= 4 is 27.3 Å². The maximum Gasteiger partial charge on any atom is 0.391 e. The van der Waals surface area contributed by atoms with Crippen LogP contribution in [-0.2, 0) is 0 Å². The van der Waals surface area contributed by atoms with E-state index in [4.69, 9.17) is 0 Å². The van der Waals surface area contributed by atoms with Gasteiger partial charge in [0, 0.05) is 19.3 Å². The van der Waals surface area contributed by atoms with Crippen LogP contribution in [0.3, 0.4) is 0 Å². The van der Waals surface area contributed by atoms with Crippen molar-refractivity contribution in [2.75, 3.05) is 18.0 Å². The van der Waals surface area contributed by atoms with Gasteiger partial charge in [-0.1, -0.05) is 0 Å². The Kier molecular flexibility index (Phi) is 4.17. The highest BCUT2D eigenvalue weighted by atomic mass is 79.9. The molecule has 1 saturated heterocycles. The molecule has 1 aliphatic rings. The summed E-state index contributed by atoms with van der Waals surface area (Å²) >= 11 is 3.17.